The van der Waals surface area contributed by atoms with E-state index in [1.165, 1.54) is 10.6 Å². The van der Waals surface area contributed by atoms with Crippen molar-refractivity contribution < 1.29 is 18.0 Å². The van der Waals surface area contributed by atoms with Gasteiger partial charge in [0.2, 0.25) is 15.9 Å². The van der Waals surface area contributed by atoms with Crippen LogP contribution in [0.4, 0.5) is 4.79 Å². The Labute approximate surface area is 131 Å². The van der Waals surface area contributed by atoms with Crippen molar-refractivity contribution in [3.05, 3.63) is 0 Å². The normalized spacial score (nSPS) is 22.5. The quantitative estimate of drug-likeness (QED) is 0.712. The number of carbonyl (C=O) groups excluding carboxylic acids is 2. The van der Waals surface area contributed by atoms with E-state index in [4.69, 9.17) is 5.73 Å². The summed E-state index contributed by atoms with van der Waals surface area (Å²) in [5, 5.41) is 3.01. The van der Waals surface area contributed by atoms with Gasteiger partial charge >= 0.3 is 6.03 Å². The molecule has 0 atom stereocenters. The molecule has 8 nitrogen and oxygen atoms in total. The largest absolute Gasteiger partial charge is 0.353 e. The molecule has 0 saturated carbocycles. The lowest BCUT2D eigenvalue weighted by atomic mass is 9.95. The monoisotopic (exact) mass is 332 g/mol. The van der Waals surface area contributed by atoms with Crippen LogP contribution in [0.1, 0.15) is 25.7 Å². The third kappa shape index (κ3) is 4.33. The Morgan fingerprint density at radius 1 is 1.05 bits per heavy atom. The Morgan fingerprint density at radius 3 is 2.05 bits per heavy atom. The zero-order chi connectivity index (χ0) is 16.3. The molecule has 22 heavy (non-hydrogen) atoms. The average Bonchev–Trinajstić information content (AvgIpc) is 2.47. The number of hydrogen-bond acceptors (Lipinski definition) is 4. The molecular formula is C13H24N4O4S. The van der Waals surface area contributed by atoms with E-state index < -0.39 is 16.1 Å². The van der Waals surface area contributed by atoms with Crippen LogP contribution in [-0.2, 0) is 14.8 Å². The van der Waals surface area contributed by atoms with Crippen molar-refractivity contribution in [1.82, 2.24) is 14.5 Å². The van der Waals surface area contributed by atoms with Gasteiger partial charge in [0.05, 0.1) is 6.26 Å². The van der Waals surface area contributed by atoms with Crippen molar-refractivity contribution in [1.29, 1.82) is 0 Å². The fourth-order valence-electron chi connectivity index (χ4n) is 3.01. The highest BCUT2D eigenvalue weighted by Gasteiger charge is 2.30. The van der Waals surface area contributed by atoms with E-state index in [9.17, 15) is 18.0 Å². The van der Waals surface area contributed by atoms with Crippen molar-refractivity contribution in [2.45, 2.75) is 31.7 Å². The molecular weight excluding hydrogens is 308 g/mol. The van der Waals surface area contributed by atoms with Crippen LogP contribution in [0.15, 0.2) is 0 Å². The number of primary amides is 1. The van der Waals surface area contributed by atoms with Gasteiger partial charge in [-0.2, -0.15) is 0 Å². The molecule has 0 bridgehead atoms. The molecule has 0 aromatic carbocycles. The highest BCUT2D eigenvalue weighted by atomic mass is 32.2. The van der Waals surface area contributed by atoms with Gasteiger partial charge < -0.3 is 16.0 Å². The Kier molecular flexibility index (Phi) is 5.28. The molecule has 0 aromatic rings. The molecule has 3 amide bonds. The third-order valence-electron chi connectivity index (χ3n) is 4.45. The van der Waals surface area contributed by atoms with Crippen LogP contribution >= 0.6 is 0 Å². The summed E-state index contributed by atoms with van der Waals surface area (Å²) in [5.74, 6) is -0.0922. The average molecular weight is 332 g/mol. The van der Waals surface area contributed by atoms with Crippen LogP contribution in [0.3, 0.4) is 0 Å². The molecule has 0 spiro atoms. The number of nitrogens with zero attached hydrogens (tertiary/aromatic N) is 2. The molecule has 2 heterocycles. The first-order valence-corrected chi connectivity index (χ1v) is 9.42. The minimum atomic E-state index is -3.14. The van der Waals surface area contributed by atoms with Crippen LogP contribution in [-0.4, -0.2) is 68.0 Å². The molecule has 0 aliphatic carbocycles. The SMILES string of the molecule is CS(=O)(=O)N1CCC(NC(=O)C2CCN(C(N)=O)CC2)CC1. The van der Waals surface area contributed by atoms with Crippen LogP contribution in [0, 0.1) is 5.92 Å². The number of rotatable bonds is 3. The molecule has 126 valence electrons. The van der Waals surface area contributed by atoms with Crippen molar-refractivity contribution in [2.75, 3.05) is 32.4 Å². The van der Waals surface area contributed by atoms with Gasteiger partial charge in [-0.25, -0.2) is 17.5 Å². The van der Waals surface area contributed by atoms with Crippen LogP contribution in [0.25, 0.3) is 0 Å². The fraction of sp³-hybridized carbons (Fsp3) is 0.846. The summed E-state index contributed by atoms with van der Waals surface area (Å²) >= 11 is 0. The predicted octanol–water partition coefficient (Wildman–Crippen LogP) is -0.683. The molecule has 0 unspecified atom stereocenters. The summed E-state index contributed by atoms with van der Waals surface area (Å²) in [6.07, 6.45) is 3.73. The molecule has 2 saturated heterocycles. The van der Waals surface area contributed by atoms with Crippen LogP contribution < -0.4 is 11.1 Å². The van der Waals surface area contributed by atoms with Gasteiger partial charge in [0, 0.05) is 38.1 Å². The maximum absolute atomic E-state index is 12.2. The molecule has 3 N–H and O–H groups in total. The Bertz CT molecular complexity index is 520. The molecule has 2 fully saturated rings. The minimum Gasteiger partial charge on any atom is -0.353 e. The summed E-state index contributed by atoms with van der Waals surface area (Å²) in [6, 6.07) is -0.410. The number of urea groups is 1. The number of hydrogen-bond donors (Lipinski definition) is 2. The van der Waals surface area contributed by atoms with Gasteiger partial charge in [0.15, 0.2) is 0 Å². The fourth-order valence-corrected chi connectivity index (χ4v) is 3.89. The molecule has 0 radical (unpaired) electrons. The summed E-state index contributed by atoms with van der Waals surface area (Å²) < 4.78 is 24.3. The number of likely N-dealkylation sites (tertiary alicyclic amines) is 1. The second-order valence-electron chi connectivity index (χ2n) is 6.04. The second kappa shape index (κ2) is 6.82. The van der Waals surface area contributed by atoms with Crippen molar-refractivity contribution in [2.24, 2.45) is 11.7 Å². The third-order valence-corrected chi connectivity index (χ3v) is 5.75. The number of nitrogens with one attached hydrogen (secondary N) is 1. The summed E-state index contributed by atoms with van der Waals surface area (Å²) in [4.78, 5) is 24.8. The number of amides is 3. The number of nitrogens with two attached hydrogens (primary N) is 1. The maximum atomic E-state index is 12.2. The van der Waals surface area contributed by atoms with E-state index in [0.29, 0.717) is 51.9 Å². The summed E-state index contributed by atoms with van der Waals surface area (Å²) in [7, 11) is -3.14. The number of sulfonamides is 1. The van der Waals surface area contributed by atoms with E-state index in [2.05, 4.69) is 5.32 Å². The molecule has 2 aliphatic heterocycles. The van der Waals surface area contributed by atoms with Gasteiger partial charge in [-0.05, 0) is 25.7 Å². The Morgan fingerprint density at radius 2 is 1.59 bits per heavy atom. The Balaban J connectivity index is 1.76. The molecule has 2 rings (SSSR count). The highest BCUT2D eigenvalue weighted by molar-refractivity contribution is 7.88. The minimum absolute atomic E-state index is 0.00178. The number of piperidine rings is 2. The van der Waals surface area contributed by atoms with Crippen molar-refractivity contribution in [3.8, 4) is 0 Å². The van der Waals surface area contributed by atoms with Crippen molar-refractivity contribution >= 4 is 22.0 Å². The van der Waals surface area contributed by atoms with E-state index >= 15 is 0 Å². The predicted molar refractivity (Wildman–Crippen MR) is 81.5 cm³/mol. The standard InChI is InChI=1S/C13H24N4O4S/c1-22(20,21)17-8-4-11(5-9-17)15-12(18)10-2-6-16(7-3-10)13(14)19/h10-11H,2-9H2,1H3,(H2,14,19)(H,15,18). The highest BCUT2D eigenvalue weighted by Crippen LogP contribution is 2.19. The van der Waals surface area contributed by atoms with Gasteiger partial charge in [-0.1, -0.05) is 0 Å². The van der Waals surface area contributed by atoms with Gasteiger partial charge in [-0.15, -0.1) is 0 Å². The van der Waals surface area contributed by atoms with Gasteiger partial charge in [0.1, 0.15) is 0 Å². The van der Waals surface area contributed by atoms with Crippen LogP contribution in [0.2, 0.25) is 0 Å². The topological polar surface area (TPSA) is 113 Å². The van der Waals surface area contributed by atoms with E-state index in [1.54, 1.807) is 4.90 Å². The van der Waals surface area contributed by atoms with E-state index in [0.717, 1.165) is 0 Å². The molecule has 2 aliphatic rings. The lowest BCUT2D eigenvalue weighted by molar-refractivity contribution is -0.127. The molecule has 0 aromatic heterocycles. The summed E-state index contributed by atoms with van der Waals surface area (Å²) in [6.45, 7) is 1.92. The lowest BCUT2D eigenvalue weighted by Crippen LogP contribution is -2.49. The summed E-state index contributed by atoms with van der Waals surface area (Å²) in [5.41, 5.74) is 5.22. The Hall–Kier alpha value is -1.35. The smallest absolute Gasteiger partial charge is 0.314 e. The van der Waals surface area contributed by atoms with Crippen LogP contribution in [0.5, 0.6) is 0 Å². The second-order valence-corrected chi connectivity index (χ2v) is 8.03. The van der Waals surface area contributed by atoms with Gasteiger partial charge in [-0.3, -0.25) is 4.79 Å². The van der Waals surface area contributed by atoms with Crippen molar-refractivity contribution in [3.63, 3.8) is 0 Å². The lowest BCUT2D eigenvalue weighted by Gasteiger charge is -2.33. The zero-order valence-corrected chi connectivity index (χ0v) is 13.6. The van der Waals surface area contributed by atoms with E-state index in [-0.39, 0.29) is 17.9 Å². The first-order chi connectivity index (χ1) is 10.3. The maximum Gasteiger partial charge on any atom is 0.314 e. The first-order valence-electron chi connectivity index (χ1n) is 7.57. The zero-order valence-electron chi connectivity index (χ0n) is 12.8. The van der Waals surface area contributed by atoms with Gasteiger partial charge in [0.25, 0.3) is 0 Å². The number of carbonyl (C=O) groups is 2. The molecule has 9 heteroatoms. The first kappa shape index (κ1) is 17.0. The van der Waals surface area contributed by atoms with E-state index in [1.807, 2.05) is 0 Å².